The van der Waals surface area contributed by atoms with Crippen LogP contribution in [0.3, 0.4) is 0 Å². The van der Waals surface area contributed by atoms with Crippen molar-refractivity contribution in [3.63, 3.8) is 0 Å². The van der Waals surface area contributed by atoms with Gasteiger partial charge in [0.05, 0.1) is 0 Å². The minimum absolute atomic E-state index is 0. The monoisotopic (exact) mass is 252 g/mol. The van der Waals surface area contributed by atoms with Crippen molar-refractivity contribution >= 4 is 0 Å². The molecule has 1 fully saturated rings. The summed E-state index contributed by atoms with van der Waals surface area (Å²) < 4.78 is 0. The molecule has 0 aliphatic heterocycles. The quantitative estimate of drug-likeness (QED) is 0.533. The van der Waals surface area contributed by atoms with Gasteiger partial charge in [0, 0.05) is 0 Å². The van der Waals surface area contributed by atoms with Gasteiger partial charge in [0.2, 0.25) is 0 Å². The van der Waals surface area contributed by atoms with E-state index in [9.17, 15) is 0 Å². The standard InChI is InChI=1S/C10H20.4CH3.Cr/c1-6-7(2)9(4)10(5)8(6)3;;;;;/h6-10H,1-5H3;4*1H3;/q;4*-1;+4. The van der Waals surface area contributed by atoms with Crippen LogP contribution in [0.1, 0.15) is 34.6 Å². The maximum Gasteiger partial charge on any atom is 4.00 e. The molecule has 0 aromatic carbocycles. The average molecular weight is 252 g/mol. The molecular formula is C14H32Cr. The van der Waals surface area contributed by atoms with E-state index in [1.165, 1.54) is 0 Å². The molecule has 15 heavy (non-hydrogen) atoms. The first-order valence-electron chi connectivity index (χ1n) is 4.55. The summed E-state index contributed by atoms with van der Waals surface area (Å²) in [4.78, 5) is 0. The molecule has 0 bridgehead atoms. The molecule has 0 radical (unpaired) electrons. The van der Waals surface area contributed by atoms with Crippen LogP contribution in [-0.4, -0.2) is 0 Å². The second-order valence-electron chi connectivity index (χ2n) is 4.30. The van der Waals surface area contributed by atoms with Gasteiger partial charge in [0.1, 0.15) is 0 Å². The molecule has 0 nitrogen and oxygen atoms in total. The average Bonchev–Trinajstić information content (AvgIpc) is 2.07. The van der Waals surface area contributed by atoms with E-state index in [1.54, 1.807) is 0 Å². The van der Waals surface area contributed by atoms with Gasteiger partial charge >= 0.3 is 17.4 Å². The Labute approximate surface area is 111 Å². The first-order chi connectivity index (χ1) is 4.55. The summed E-state index contributed by atoms with van der Waals surface area (Å²) in [6.45, 7) is 12.0. The topological polar surface area (TPSA) is 0 Å². The molecular weight excluding hydrogens is 220 g/mol. The SMILES string of the molecule is CC1C(C)C(C)C(C)C1C.[CH3-].[CH3-].[CH3-].[CH3-].[Cr+4]. The first kappa shape index (κ1) is 29.6. The molecule has 1 aliphatic carbocycles. The molecule has 1 heteroatoms. The van der Waals surface area contributed by atoms with Crippen molar-refractivity contribution < 1.29 is 17.4 Å². The molecule has 0 unspecified atom stereocenters. The molecule has 0 amide bonds. The van der Waals surface area contributed by atoms with Crippen molar-refractivity contribution in [1.29, 1.82) is 0 Å². The largest absolute Gasteiger partial charge is 4.00 e. The molecule has 1 rings (SSSR count). The minimum Gasteiger partial charge on any atom is -0.358 e. The van der Waals surface area contributed by atoms with Crippen molar-refractivity contribution in [1.82, 2.24) is 0 Å². The summed E-state index contributed by atoms with van der Waals surface area (Å²) in [5.74, 6) is 4.68. The van der Waals surface area contributed by atoms with Gasteiger partial charge in [-0.15, -0.1) is 0 Å². The molecule has 0 heterocycles. The van der Waals surface area contributed by atoms with E-state index in [-0.39, 0.29) is 47.1 Å². The Morgan fingerprint density at radius 1 is 0.400 bits per heavy atom. The van der Waals surface area contributed by atoms with E-state index >= 15 is 0 Å². The first-order valence-corrected chi connectivity index (χ1v) is 4.55. The summed E-state index contributed by atoms with van der Waals surface area (Å²) in [7, 11) is 0. The predicted molar refractivity (Wildman–Crippen MR) is 71.5 cm³/mol. The van der Waals surface area contributed by atoms with Crippen molar-refractivity contribution in [3.05, 3.63) is 29.7 Å². The van der Waals surface area contributed by atoms with E-state index in [2.05, 4.69) is 34.6 Å². The Kier molecular flexibility index (Phi) is 21.7. The Bertz CT molecular complexity index is 77.7. The predicted octanol–water partition coefficient (Wildman–Crippen LogP) is 4.98. The zero-order valence-corrected chi connectivity index (χ0v) is 13.6. The van der Waals surface area contributed by atoms with Crippen LogP contribution in [0, 0.1) is 59.3 Å². The number of rotatable bonds is 0. The molecule has 94 valence electrons. The second kappa shape index (κ2) is 11.0. The Morgan fingerprint density at radius 2 is 0.467 bits per heavy atom. The van der Waals surface area contributed by atoms with Gasteiger partial charge in [0.15, 0.2) is 0 Å². The molecule has 0 aromatic heterocycles. The van der Waals surface area contributed by atoms with E-state index < -0.39 is 0 Å². The summed E-state index contributed by atoms with van der Waals surface area (Å²) in [5, 5.41) is 0. The Balaban J connectivity index is -0.0000000667. The van der Waals surface area contributed by atoms with Crippen LogP contribution in [0.4, 0.5) is 0 Å². The molecule has 1 aliphatic rings. The van der Waals surface area contributed by atoms with Gasteiger partial charge in [-0.25, -0.2) is 0 Å². The van der Waals surface area contributed by atoms with Crippen LogP contribution in [0.25, 0.3) is 0 Å². The maximum atomic E-state index is 2.40. The molecule has 0 saturated heterocycles. The van der Waals surface area contributed by atoms with E-state index in [4.69, 9.17) is 0 Å². The molecule has 0 spiro atoms. The van der Waals surface area contributed by atoms with Crippen molar-refractivity contribution in [3.8, 4) is 0 Å². The van der Waals surface area contributed by atoms with E-state index in [1.807, 2.05) is 0 Å². The third kappa shape index (κ3) is 5.41. The van der Waals surface area contributed by atoms with Crippen LogP contribution in [0.2, 0.25) is 0 Å². The van der Waals surface area contributed by atoms with Crippen molar-refractivity contribution in [2.24, 2.45) is 29.6 Å². The fourth-order valence-corrected chi connectivity index (χ4v) is 2.39. The summed E-state index contributed by atoms with van der Waals surface area (Å²) in [6, 6.07) is 0. The van der Waals surface area contributed by atoms with Crippen LogP contribution in [0.15, 0.2) is 0 Å². The second-order valence-corrected chi connectivity index (χ2v) is 4.30. The minimum atomic E-state index is 0. The molecule has 0 N–H and O–H groups in total. The van der Waals surface area contributed by atoms with Gasteiger partial charge < -0.3 is 29.7 Å². The number of hydrogen-bond acceptors (Lipinski definition) is 0. The molecule has 1 saturated carbocycles. The zero-order valence-electron chi connectivity index (χ0n) is 12.3. The van der Waals surface area contributed by atoms with Gasteiger partial charge in [-0.3, -0.25) is 0 Å². The smallest absolute Gasteiger partial charge is 0.358 e. The molecule has 0 atom stereocenters. The zero-order chi connectivity index (χ0) is 7.89. The Morgan fingerprint density at radius 3 is 0.533 bits per heavy atom. The fraction of sp³-hybridized carbons (Fsp3) is 0.714. The number of hydrogen-bond donors (Lipinski definition) is 0. The summed E-state index contributed by atoms with van der Waals surface area (Å²) >= 11 is 0. The third-order valence-electron chi connectivity index (χ3n) is 4.15. The van der Waals surface area contributed by atoms with E-state index in [0.717, 1.165) is 29.6 Å². The van der Waals surface area contributed by atoms with Crippen LogP contribution >= 0.6 is 0 Å². The summed E-state index contributed by atoms with van der Waals surface area (Å²) in [6.07, 6.45) is 0. The Hall–Kier alpha value is 0.532. The van der Waals surface area contributed by atoms with Crippen molar-refractivity contribution in [2.45, 2.75) is 34.6 Å². The van der Waals surface area contributed by atoms with Gasteiger partial charge in [-0.1, -0.05) is 34.6 Å². The van der Waals surface area contributed by atoms with Crippen LogP contribution < -0.4 is 0 Å². The van der Waals surface area contributed by atoms with Gasteiger partial charge in [-0.2, -0.15) is 0 Å². The van der Waals surface area contributed by atoms with E-state index in [0.29, 0.717) is 0 Å². The summed E-state index contributed by atoms with van der Waals surface area (Å²) in [5.41, 5.74) is 0. The normalized spacial score (nSPS) is 37.0. The van der Waals surface area contributed by atoms with Gasteiger partial charge in [-0.05, 0) is 29.6 Å². The maximum absolute atomic E-state index is 2.40. The van der Waals surface area contributed by atoms with Crippen molar-refractivity contribution in [2.75, 3.05) is 0 Å². The fourth-order valence-electron chi connectivity index (χ4n) is 2.39. The van der Waals surface area contributed by atoms with Crippen LogP contribution in [0.5, 0.6) is 0 Å². The van der Waals surface area contributed by atoms with Crippen LogP contribution in [-0.2, 0) is 17.4 Å². The molecule has 0 aromatic rings. The van der Waals surface area contributed by atoms with Gasteiger partial charge in [0.25, 0.3) is 0 Å². The third-order valence-corrected chi connectivity index (χ3v) is 4.15.